The minimum absolute atomic E-state index is 0.00342. The summed E-state index contributed by atoms with van der Waals surface area (Å²) >= 11 is 0. The molecule has 0 bridgehead atoms. The van der Waals surface area contributed by atoms with E-state index in [1.165, 1.54) is 0 Å². The summed E-state index contributed by atoms with van der Waals surface area (Å²) in [5.74, 6) is 2.63. The number of rotatable bonds is 7. The van der Waals surface area contributed by atoms with Crippen molar-refractivity contribution in [3.05, 3.63) is 90.8 Å². The van der Waals surface area contributed by atoms with Crippen molar-refractivity contribution in [2.45, 2.75) is 26.8 Å². The number of benzene rings is 3. The summed E-state index contributed by atoms with van der Waals surface area (Å²) in [6.45, 7) is 5.71. The minimum atomic E-state index is -0.00342. The molecule has 1 N–H and O–H groups in total. The van der Waals surface area contributed by atoms with E-state index in [9.17, 15) is 4.79 Å². The van der Waals surface area contributed by atoms with E-state index in [1.54, 1.807) is 19.3 Å². The summed E-state index contributed by atoms with van der Waals surface area (Å²) in [5.41, 5.74) is 3.63. The summed E-state index contributed by atoms with van der Waals surface area (Å²) in [6.07, 6.45) is 1.78. The van der Waals surface area contributed by atoms with Crippen LogP contribution in [0, 0.1) is 0 Å². The molecular formula is C28H25N5O2. The predicted octanol–water partition coefficient (Wildman–Crippen LogP) is 6.81. The number of carbonyl (C=O) groups excluding carboxylic acids is 1. The van der Waals surface area contributed by atoms with Gasteiger partial charge in [-0.3, -0.25) is 4.79 Å². The molecule has 3 aromatic carbocycles. The van der Waals surface area contributed by atoms with Gasteiger partial charge < -0.3 is 14.6 Å². The van der Waals surface area contributed by atoms with Crippen molar-refractivity contribution in [1.82, 2.24) is 19.5 Å². The first-order chi connectivity index (χ1) is 17.0. The standard InChI is InChI=1S/C28H25N5O2/c1-18(2)33-17-29-25-27(30-22-12-14-24(15-13-22)35-23-10-5-4-6-11-23)31-26(32-28(25)33)21-9-7-8-20(16-21)19(3)34/h4-18H,1-3H3,(H,30,31,32). The highest BCUT2D eigenvalue weighted by Gasteiger charge is 2.17. The fraction of sp³-hybridized carbons (Fsp3) is 0.143. The van der Waals surface area contributed by atoms with Gasteiger partial charge in [0.2, 0.25) is 0 Å². The topological polar surface area (TPSA) is 81.9 Å². The van der Waals surface area contributed by atoms with Crippen molar-refractivity contribution in [2.75, 3.05) is 5.32 Å². The number of fused-ring (bicyclic) bond motifs is 1. The Hall–Kier alpha value is -4.52. The Morgan fingerprint density at radius 3 is 2.37 bits per heavy atom. The fourth-order valence-corrected chi connectivity index (χ4v) is 3.76. The summed E-state index contributed by atoms with van der Waals surface area (Å²) in [5, 5.41) is 3.39. The number of carbonyl (C=O) groups is 1. The third-order valence-corrected chi connectivity index (χ3v) is 5.60. The molecule has 0 spiro atoms. The van der Waals surface area contributed by atoms with Gasteiger partial charge in [0.25, 0.3) is 0 Å². The average molecular weight is 464 g/mol. The molecule has 0 unspecified atom stereocenters. The molecule has 2 aromatic heterocycles. The Morgan fingerprint density at radius 1 is 0.914 bits per heavy atom. The predicted molar refractivity (Wildman–Crippen MR) is 137 cm³/mol. The first kappa shape index (κ1) is 22.3. The van der Waals surface area contributed by atoms with Crippen LogP contribution in [0.25, 0.3) is 22.6 Å². The Kier molecular flexibility index (Phi) is 5.97. The zero-order valence-electron chi connectivity index (χ0n) is 19.8. The first-order valence-corrected chi connectivity index (χ1v) is 11.4. The van der Waals surface area contributed by atoms with Crippen LogP contribution in [0.3, 0.4) is 0 Å². The molecule has 7 nitrogen and oxygen atoms in total. The molecule has 35 heavy (non-hydrogen) atoms. The summed E-state index contributed by atoms with van der Waals surface area (Å²) < 4.78 is 7.91. The fourth-order valence-electron chi connectivity index (χ4n) is 3.76. The van der Waals surface area contributed by atoms with Crippen LogP contribution in [-0.4, -0.2) is 25.3 Å². The maximum Gasteiger partial charge on any atom is 0.166 e. The van der Waals surface area contributed by atoms with Crippen molar-refractivity contribution in [3.8, 4) is 22.9 Å². The number of ketones is 1. The number of hydrogen-bond acceptors (Lipinski definition) is 6. The lowest BCUT2D eigenvalue weighted by molar-refractivity contribution is 0.101. The number of nitrogens with one attached hydrogen (secondary N) is 1. The Morgan fingerprint density at radius 2 is 1.66 bits per heavy atom. The number of hydrogen-bond donors (Lipinski definition) is 1. The van der Waals surface area contributed by atoms with Crippen molar-refractivity contribution in [1.29, 1.82) is 0 Å². The van der Waals surface area contributed by atoms with Gasteiger partial charge in [-0.25, -0.2) is 15.0 Å². The quantitative estimate of drug-likeness (QED) is 0.267. The van der Waals surface area contributed by atoms with Gasteiger partial charge in [-0.15, -0.1) is 0 Å². The van der Waals surface area contributed by atoms with Crippen LogP contribution < -0.4 is 10.1 Å². The first-order valence-electron chi connectivity index (χ1n) is 11.4. The second kappa shape index (κ2) is 9.38. The van der Waals surface area contributed by atoms with E-state index in [0.29, 0.717) is 22.7 Å². The number of nitrogens with zero attached hydrogens (tertiary/aromatic N) is 4. The van der Waals surface area contributed by atoms with Crippen molar-refractivity contribution < 1.29 is 9.53 Å². The lowest BCUT2D eigenvalue weighted by Gasteiger charge is -2.12. The highest BCUT2D eigenvalue weighted by atomic mass is 16.5. The largest absolute Gasteiger partial charge is 0.457 e. The minimum Gasteiger partial charge on any atom is -0.457 e. The van der Waals surface area contributed by atoms with Gasteiger partial charge in [0.15, 0.2) is 28.6 Å². The smallest absolute Gasteiger partial charge is 0.166 e. The molecule has 0 atom stereocenters. The monoisotopic (exact) mass is 463 g/mol. The molecule has 0 aliphatic rings. The van der Waals surface area contributed by atoms with E-state index in [4.69, 9.17) is 14.7 Å². The molecule has 0 aliphatic carbocycles. The second-order valence-electron chi connectivity index (χ2n) is 8.52. The Labute approximate surface area is 203 Å². The van der Waals surface area contributed by atoms with Crippen molar-refractivity contribution >= 4 is 28.5 Å². The third-order valence-electron chi connectivity index (χ3n) is 5.60. The van der Waals surface area contributed by atoms with Crippen LogP contribution in [-0.2, 0) is 0 Å². The number of anilines is 2. The average Bonchev–Trinajstić information content (AvgIpc) is 3.31. The molecule has 2 heterocycles. The molecule has 0 radical (unpaired) electrons. The highest BCUT2D eigenvalue weighted by Crippen LogP contribution is 2.30. The van der Waals surface area contributed by atoms with Crippen molar-refractivity contribution in [2.24, 2.45) is 0 Å². The SMILES string of the molecule is CC(=O)c1cccc(-c2nc(Nc3ccc(Oc4ccccc4)cc3)c3ncn(C(C)C)c3n2)c1. The van der Waals surface area contributed by atoms with Crippen molar-refractivity contribution in [3.63, 3.8) is 0 Å². The van der Waals surface area contributed by atoms with Crippen LogP contribution in [0.4, 0.5) is 11.5 Å². The Bertz CT molecular complexity index is 1490. The number of aromatic nitrogens is 4. The third kappa shape index (κ3) is 4.75. The molecule has 174 valence electrons. The van der Waals surface area contributed by atoms with E-state index >= 15 is 0 Å². The Balaban J connectivity index is 1.51. The number of para-hydroxylation sites is 1. The lowest BCUT2D eigenvalue weighted by Crippen LogP contribution is -2.04. The van der Waals surface area contributed by atoms with Crippen LogP contribution in [0.15, 0.2) is 85.2 Å². The van der Waals surface area contributed by atoms with Crippen LogP contribution in [0.2, 0.25) is 0 Å². The van der Waals surface area contributed by atoms with E-state index in [0.717, 1.165) is 28.4 Å². The van der Waals surface area contributed by atoms with Gasteiger partial charge >= 0.3 is 0 Å². The van der Waals surface area contributed by atoms with Crippen LogP contribution in [0.5, 0.6) is 11.5 Å². The maximum absolute atomic E-state index is 11.9. The van der Waals surface area contributed by atoms with Gasteiger partial charge in [0.1, 0.15) is 11.5 Å². The molecule has 0 fully saturated rings. The van der Waals surface area contributed by atoms with Crippen LogP contribution >= 0.6 is 0 Å². The lowest BCUT2D eigenvalue weighted by atomic mass is 10.1. The molecular weight excluding hydrogens is 438 g/mol. The van der Waals surface area contributed by atoms with E-state index in [1.807, 2.05) is 77.4 Å². The maximum atomic E-state index is 11.9. The van der Waals surface area contributed by atoms with E-state index < -0.39 is 0 Å². The number of imidazole rings is 1. The number of Topliss-reactive ketones (excluding diaryl/α,β-unsaturated/α-hetero) is 1. The zero-order chi connectivity index (χ0) is 24.4. The summed E-state index contributed by atoms with van der Waals surface area (Å²) in [4.78, 5) is 26.1. The second-order valence-corrected chi connectivity index (χ2v) is 8.52. The highest BCUT2D eigenvalue weighted by molar-refractivity contribution is 5.95. The van der Waals surface area contributed by atoms with Gasteiger partial charge in [-0.1, -0.05) is 36.4 Å². The molecule has 0 saturated heterocycles. The molecule has 7 heteroatoms. The van der Waals surface area contributed by atoms with Gasteiger partial charge in [0.05, 0.1) is 6.33 Å². The number of ether oxygens (including phenoxy) is 1. The van der Waals surface area contributed by atoms with Gasteiger partial charge in [0, 0.05) is 22.9 Å². The van der Waals surface area contributed by atoms with E-state index in [-0.39, 0.29) is 11.8 Å². The molecule has 0 saturated carbocycles. The molecule has 0 amide bonds. The van der Waals surface area contributed by atoms with Gasteiger partial charge in [-0.2, -0.15) is 0 Å². The van der Waals surface area contributed by atoms with E-state index in [2.05, 4.69) is 24.1 Å². The van der Waals surface area contributed by atoms with Crippen LogP contribution in [0.1, 0.15) is 37.2 Å². The normalized spacial score (nSPS) is 11.1. The zero-order valence-corrected chi connectivity index (χ0v) is 19.8. The summed E-state index contributed by atoms with van der Waals surface area (Å²) in [7, 11) is 0. The molecule has 0 aliphatic heterocycles. The molecule has 5 aromatic rings. The molecule has 5 rings (SSSR count). The van der Waals surface area contributed by atoms with Gasteiger partial charge in [-0.05, 0) is 63.2 Å². The summed E-state index contributed by atoms with van der Waals surface area (Å²) in [6, 6.07) is 24.9.